The minimum Gasteiger partial charge on any atom is -0.456 e. The fourth-order valence-corrected chi connectivity index (χ4v) is 12.1. The summed E-state index contributed by atoms with van der Waals surface area (Å²) in [6, 6.07) is -0.853. The topological polar surface area (TPSA) is 111 Å². The minimum absolute atomic E-state index is 0.0389. The molecule has 3 atom stereocenters. The van der Waals surface area contributed by atoms with E-state index in [0.717, 1.165) is 89.9 Å². The van der Waals surface area contributed by atoms with Crippen LogP contribution in [0.15, 0.2) is 85.1 Å². The van der Waals surface area contributed by atoms with E-state index in [4.69, 9.17) is 13.8 Å². The van der Waals surface area contributed by atoms with Crippen molar-refractivity contribution in [1.82, 2.24) is 5.32 Å². The molecule has 2 N–H and O–H groups in total. The van der Waals surface area contributed by atoms with Crippen molar-refractivity contribution in [2.45, 2.75) is 380 Å². The Bertz CT molecular complexity index is 1830. The maximum Gasteiger partial charge on any atom is 0.472 e. The summed E-state index contributed by atoms with van der Waals surface area (Å²) >= 11 is 0. The van der Waals surface area contributed by atoms with E-state index in [-0.39, 0.29) is 31.5 Å². The van der Waals surface area contributed by atoms with Crippen LogP contribution in [0.25, 0.3) is 0 Å². The van der Waals surface area contributed by atoms with Gasteiger partial charge in [0, 0.05) is 12.8 Å². The number of esters is 1. The average Bonchev–Trinajstić information content (AvgIpc) is 3.03. The van der Waals surface area contributed by atoms with Crippen molar-refractivity contribution in [2.24, 2.45) is 0 Å². The highest BCUT2D eigenvalue weighted by Gasteiger charge is 2.30. The van der Waals surface area contributed by atoms with Gasteiger partial charge in [-0.1, -0.05) is 337 Å². The third kappa shape index (κ3) is 71.3. The Kier molecular flexibility index (Phi) is 67.8. The van der Waals surface area contributed by atoms with Crippen LogP contribution in [0.2, 0.25) is 0 Å². The summed E-state index contributed by atoms with van der Waals surface area (Å²) in [5.74, 6) is -0.496. The molecule has 530 valence electrons. The van der Waals surface area contributed by atoms with Crippen molar-refractivity contribution in [3.8, 4) is 0 Å². The zero-order valence-corrected chi connectivity index (χ0v) is 61.7. The third-order valence-corrected chi connectivity index (χ3v) is 18.3. The van der Waals surface area contributed by atoms with Crippen molar-refractivity contribution in [3.63, 3.8) is 0 Å². The van der Waals surface area contributed by atoms with Crippen LogP contribution in [-0.2, 0) is 27.9 Å². The predicted molar refractivity (Wildman–Crippen MR) is 397 cm³/mol. The maximum atomic E-state index is 13.7. The van der Waals surface area contributed by atoms with Crippen LogP contribution in [0.3, 0.4) is 0 Å². The third-order valence-electron chi connectivity index (χ3n) is 17.3. The zero-order valence-electron chi connectivity index (χ0n) is 60.8. The van der Waals surface area contributed by atoms with Gasteiger partial charge in [0.1, 0.15) is 19.3 Å². The van der Waals surface area contributed by atoms with Crippen molar-refractivity contribution in [3.05, 3.63) is 85.1 Å². The number of allylic oxidation sites excluding steroid dienone is 13. The van der Waals surface area contributed by atoms with E-state index < -0.39 is 20.0 Å². The molecule has 0 radical (unpaired) electrons. The summed E-state index contributed by atoms with van der Waals surface area (Å²) in [5, 5.41) is 3.08. The number of amides is 1. The molecule has 0 aliphatic rings. The lowest BCUT2D eigenvalue weighted by atomic mass is 10.0. The molecule has 0 saturated carbocycles. The smallest absolute Gasteiger partial charge is 0.456 e. The second-order valence-corrected chi connectivity index (χ2v) is 29.0. The number of hydrogen-bond acceptors (Lipinski definition) is 6. The summed E-state index contributed by atoms with van der Waals surface area (Å²) in [6.07, 6.45) is 94.8. The molecule has 9 nitrogen and oxygen atoms in total. The normalized spacial score (nSPS) is 13.9. The van der Waals surface area contributed by atoms with Crippen molar-refractivity contribution >= 4 is 19.7 Å². The quantitative estimate of drug-likeness (QED) is 0.0205. The van der Waals surface area contributed by atoms with E-state index in [1.807, 2.05) is 33.3 Å². The first-order valence-corrected chi connectivity index (χ1v) is 40.4. The van der Waals surface area contributed by atoms with E-state index in [9.17, 15) is 19.0 Å². The summed E-state index contributed by atoms with van der Waals surface area (Å²) < 4.78 is 30.9. The summed E-state index contributed by atoms with van der Waals surface area (Å²) in [7, 11) is 1.50. The number of likely N-dealkylation sites (N-methyl/N-ethyl adjacent to an activating group) is 1. The number of hydrogen-bond donors (Lipinski definition) is 2. The first-order chi connectivity index (χ1) is 44.4. The number of phosphoric acid groups is 1. The highest BCUT2D eigenvalue weighted by Crippen LogP contribution is 2.43. The first-order valence-electron chi connectivity index (χ1n) is 38.9. The lowest BCUT2D eigenvalue weighted by Crippen LogP contribution is -2.47. The lowest BCUT2D eigenvalue weighted by molar-refractivity contribution is -0.870. The molecule has 3 unspecified atom stereocenters. The van der Waals surface area contributed by atoms with Crippen LogP contribution in [-0.4, -0.2) is 74.3 Å². The number of phosphoric ester groups is 1. The number of quaternary nitrogens is 1. The molecular weight excluding hydrogens is 1140 g/mol. The van der Waals surface area contributed by atoms with E-state index in [1.165, 1.54) is 244 Å². The van der Waals surface area contributed by atoms with Crippen LogP contribution in [0, 0.1) is 0 Å². The zero-order chi connectivity index (χ0) is 66.3. The van der Waals surface area contributed by atoms with Crippen molar-refractivity contribution in [2.75, 3.05) is 40.9 Å². The van der Waals surface area contributed by atoms with E-state index >= 15 is 0 Å². The van der Waals surface area contributed by atoms with E-state index in [0.29, 0.717) is 17.4 Å². The molecule has 0 saturated heterocycles. The van der Waals surface area contributed by atoms with Gasteiger partial charge in [-0.15, -0.1) is 0 Å². The molecule has 0 aliphatic carbocycles. The largest absolute Gasteiger partial charge is 0.472 e. The highest BCUT2D eigenvalue weighted by molar-refractivity contribution is 7.47. The van der Waals surface area contributed by atoms with Crippen LogP contribution in [0.1, 0.15) is 367 Å². The monoisotopic (exact) mass is 1290 g/mol. The molecule has 0 aliphatic heterocycles. The Balaban J connectivity index is 4.89. The molecule has 10 heteroatoms. The number of nitrogens with zero attached hydrogens (tertiary/aromatic N) is 1. The first kappa shape index (κ1) is 88.2. The number of rotatable bonds is 71. The number of unbranched alkanes of at least 4 members (excludes halogenated alkanes) is 43. The van der Waals surface area contributed by atoms with Gasteiger partial charge >= 0.3 is 13.8 Å². The maximum absolute atomic E-state index is 13.7. The van der Waals surface area contributed by atoms with Gasteiger partial charge in [-0.25, -0.2) is 4.57 Å². The predicted octanol–water partition coefficient (Wildman–Crippen LogP) is 25.2. The van der Waals surface area contributed by atoms with Crippen LogP contribution in [0.4, 0.5) is 0 Å². The number of carbonyl (C=O) groups is 2. The molecule has 91 heavy (non-hydrogen) atoms. The summed E-state index contributed by atoms with van der Waals surface area (Å²) in [4.78, 5) is 38.0. The van der Waals surface area contributed by atoms with Crippen molar-refractivity contribution < 1.29 is 37.3 Å². The molecule has 0 heterocycles. The average molecular weight is 1300 g/mol. The van der Waals surface area contributed by atoms with Gasteiger partial charge in [-0.2, -0.15) is 0 Å². The van der Waals surface area contributed by atoms with Crippen LogP contribution >= 0.6 is 7.82 Å². The second kappa shape index (κ2) is 70.0. The van der Waals surface area contributed by atoms with E-state index in [1.54, 1.807) is 0 Å². The Morgan fingerprint density at radius 2 is 0.703 bits per heavy atom. The van der Waals surface area contributed by atoms with Gasteiger partial charge in [-0.05, 0) is 102 Å². The minimum atomic E-state index is -4.46. The number of ether oxygens (including phenoxy) is 1. The Hall–Kier alpha value is -2.81. The Morgan fingerprint density at radius 3 is 1.07 bits per heavy atom. The molecule has 0 rings (SSSR count). The van der Waals surface area contributed by atoms with Gasteiger partial charge in [0.05, 0.1) is 33.8 Å². The SMILES string of the molecule is CC/C=C\C/C=C\C/C=C\C/C=C\C/C=C\CCCCCCCCCCCCCC(=O)OC(/C=C/CCCCCCCCCCC)C(COP(=O)(O)OCC[N+](C)(C)C)NC(=O)CCCCCCCCCCCCCCCCCCC/C=C/CCCCCCCC. The number of nitrogens with one attached hydrogen (secondary N) is 1. The second-order valence-electron chi connectivity index (χ2n) is 27.5. The molecular formula is C81H150N2O7P+. The summed E-state index contributed by atoms with van der Waals surface area (Å²) in [5.41, 5.74) is 0. The van der Waals surface area contributed by atoms with Crippen molar-refractivity contribution in [1.29, 1.82) is 0 Å². The molecule has 0 aromatic heterocycles. The highest BCUT2D eigenvalue weighted by atomic mass is 31.2. The van der Waals surface area contributed by atoms with Gasteiger partial charge < -0.3 is 19.4 Å². The molecule has 0 fully saturated rings. The van der Waals surface area contributed by atoms with Gasteiger partial charge in [-0.3, -0.25) is 18.6 Å². The fourth-order valence-electron chi connectivity index (χ4n) is 11.4. The molecule has 0 bridgehead atoms. The van der Waals surface area contributed by atoms with Gasteiger partial charge in [0.2, 0.25) is 5.91 Å². The standard InChI is InChI=1S/C81H149N2O7P/c1-7-10-13-16-19-22-25-27-29-31-33-35-37-39-41-43-45-47-49-51-53-55-58-61-64-67-70-73-80(84)82-78(77-89-91(86,87)88-76-75-83(4,5)6)79(72-69-66-63-60-57-24-21-18-15-12-9-3)90-81(85)74-71-68-65-62-59-56-54-52-50-48-46-44-42-40-38-36-34-32-30-28-26-23-20-17-14-11-8-2/h11,14,20,23,27-30,34,36,40,42,69,72,78-79H,7-10,12-13,15-19,21-22,24-26,31-33,35,37-39,41,43-68,70-71,73-77H2,1-6H3,(H-,82,84,86,87)/p+1/b14-11-,23-20-,29-27+,30-28-,36-34-,42-40-,72-69+. The lowest BCUT2D eigenvalue weighted by Gasteiger charge is -2.27. The van der Waals surface area contributed by atoms with Crippen LogP contribution in [0.5, 0.6) is 0 Å². The number of carbonyl (C=O) groups excluding carboxylic acids is 2. The Morgan fingerprint density at radius 1 is 0.396 bits per heavy atom. The van der Waals surface area contributed by atoms with E-state index in [2.05, 4.69) is 99.0 Å². The molecule has 0 aromatic carbocycles. The molecule has 0 aromatic rings. The van der Waals surface area contributed by atoms with Gasteiger partial charge in [0.15, 0.2) is 0 Å². The Labute approximate surface area is 565 Å². The van der Waals surface area contributed by atoms with Crippen LogP contribution < -0.4 is 5.32 Å². The molecule has 1 amide bonds. The summed E-state index contributed by atoms with van der Waals surface area (Å²) in [6.45, 7) is 6.93. The van der Waals surface area contributed by atoms with Gasteiger partial charge in [0.25, 0.3) is 0 Å². The fraction of sp³-hybridized carbons (Fsp3) is 0.802. The molecule has 0 spiro atoms.